The lowest BCUT2D eigenvalue weighted by Crippen LogP contribution is -2.24. The van der Waals surface area contributed by atoms with Crippen molar-refractivity contribution in [2.75, 3.05) is 22.8 Å². The zero-order chi connectivity index (χ0) is 18.2. The first-order valence-corrected chi connectivity index (χ1v) is 8.96. The van der Waals surface area contributed by atoms with Gasteiger partial charge < -0.3 is 10.5 Å². The predicted octanol–water partition coefficient (Wildman–Crippen LogP) is 5.61. The van der Waals surface area contributed by atoms with E-state index in [1.165, 1.54) is 0 Å². The molecule has 3 aromatic rings. The number of nitrogen functional groups attached to an aromatic ring is 1. The number of hydrogen-bond acceptors (Lipinski definition) is 4. The molecule has 0 saturated carbocycles. The standard InChI is InChI=1S/C22H25N3O/c1-2-3-16-26-22-11-7-8-19(17-22)24-25(20-9-5-4-6-10-20)21-14-12-18(23)13-15-21/h4-15,17,24H,2-3,16,23H2,1H3. The summed E-state index contributed by atoms with van der Waals surface area (Å²) in [5.74, 6) is 0.869. The first-order valence-electron chi connectivity index (χ1n) is 8.96. The Labute approximate surface area is 155 Å². The Morgan fingerprint density at radius 1 is 0.885 bits per heavy atom. The highest BCUT2D eigenvalue weighted by Gasteiger charge is 2.10. The smallest absolute Gasteiger partial charge is 0.121 e. The number of hydrogen-bond donors (Lipinski definition) is 2. The first-order chi connectivity index (χ1) is 12.8. The number of hydrazine groups is 1. The molecule has 0 aliphatic rings. The Kier molecular flexibility index (Phi) is 5.99. The molecule has 26 heavy (non-hydrogen) atoms. The van der Waals surface area contributed by atoms with E-state index in [0.29, 0.717) is 0 Å². The maximum absolute atomic E-state index is 5.84. The molecular formula is C22H25N3O. The van der Waals surface area contributed by atoms with Gasteiger partial charge >= 0.3 is 0 Å². The van der Waals surface area contributed by atoms with Crippen LogP contribution in [0.5, 0.6) is 5.75 Å². The molecule has 3 N–H and O–H groups in total. The molecule has 0 aliphatic carbocycles. The molecule has 4 nitrogen and oxygen atoms in total. The molecule has 0 saturated heterocycles. The maximum Gasteiger partial charge on any atom is 0.121 e. The molecule has 0 aliphatic heterocycles. The number of rotatable bonds is 8. The van der Waals surface area contributed by atoms with Crippen molar-refractivity contribution >= 4 is 22.7 Å². The largest absolute Gasteiger partial charge is 0.494 e. The molecule has 0 amide bonds. The minimum Gasteiger partial charge on any atom is -0.494 e. The number of benzene rings is 3. The predicted molar refractivity (Wildman–Crippen MR) is 110 cm³/mol. The Morgan fingerprint density at radius 3 is 2.35 bits per heavy atom. The summed E-state index contributed by atoms with van der Waals surface area (Å²) in [7, 11) is 0. The van der Waals surface area contributed by atoms with E-state index in [2.05, 4.69) is 24.5 Å². The number of para-hydroxylation sites is 1. The lowest BCUT2D eigenvalue weighted by atomic mass is 10.2. The SMILES string of the molecule is CCCCOc1cccc(NN(c2ccccc2)c2ccc(N)cc2)c1. The van der Waals surface area contributed by atoms with Crippen LogP contribution < -0.4 is 20.9 Å². The summed E-state index contributed by atoms with van der Waals surface area (Å²) in [6, 6.07) is 26.0. The van der Waals surface area contributed by atoms with E-state index in [0.717, 1.165) is 47.9 Å². The van der Waals surface area contributed by atoms with E-state index in [9.17, 15) is 0 Å². The van der Waals surface area contributed by atoms with E-state index in [4.69, 9.17) is 10.5 Å². The minimum atomic E-state index is 0.736. The van der Waals surface area contributed by atoms with Crippen molar-refractivity contribution in [2.45, 2.75) is 19.8 Å². The van der Waals surface area contributed by atoms with Gasteiger partial charge in [0.2, 0.25) is 0 Å². The van der Waals surface area contributed by atoms with Gasteiger partial charge in [0, 0.05) is 11.8 Å². The van der Waals surface area contributed by atoms with E-state index in [1.54, 1.807) is 0 Å². The zero-order valence-electron chi connectivity index (χ0n) is 15.1. The molecule has 0 spiro atoms. The molecule has 4 heteroatoms. The number of anilines is 4. The Hall–Kier alpha value is -3.14. The van der Waals surface area contributed by atoms with Crippen molar-refractivity contribution in [3.05, 3.63) is 78.9 Å². The zero-order valence-corrected chi connectivity index (χ0v) is 15.1. The number of unbranched alkanes of at least 4 members (excludes halogenated alkanes) is 1. The molecule has 0 atom stereocenters. The second-order valence-corrected chi connectivity index (χ2v) is 6.10. The van der Waals surface area contributed by atoms with E-state index in [1.807, 2.05) is 71.7 Å². The fourth-order valence-corrected chi connectivity index (χ4v) is 2.60. The van der Waals surface area contributed by atoms with E-state index >= 15 is 0 Å². The van der Waals surface area contributed by atoms with Crippen LogP contribution in [0.1, 0.15) is 19.8 Å². The van der Waals surface area contributed by atoms with E-state index in [-0.39, 0.29) is 0 Å². The average Bonchev–Trinajstić information content (AvgIpc) is 2.68. The van der Waals surface area contributed by atoms with Gasteiger partial charge in [-0.25, -0.2) is 0 Å². The van der Waals surface area contributed by atoms with Crippen molar-refractivity contribution in [1.29, 1.82) is 0 Å². The number of nitrogens with two attached hydrogens (primary N) is 1. The van der Waals surface area contributed by atoms with Crippen molar-refractivity contribution < 1.29 is 4.74 Å². The summed E-state index contributed by atoms with van der Waals surface area (Å²) in [6.45, 7) is 2.89. The van der Waals surface area contributed by atoms with Crippen LogP contribution >= 0.6 is 0 Å². The third-order valence-corrected chi connectivity index (χ3v) is 4.01. The highest BCUT2D eigenvalue weighted by Crippen LogP contribution is 2.28. The highest BCUT2D eigenvalue weighted by molar-refractivity contribution is 5.69. The van der Waals surface area contributed by atoms with Crippen LogP contribution in [-0.4, -0.2) is 6.61 Å². The van der Waals surface area contributed by atoms with Gasteiger partial charge in [0.05, 0.1) is 23.7 Å². The summed E-state index contributed by atoms with van der Waals surface area (Å²) in [5.41, 5.74) is 13.1. The van der Waals surface area contributed by atoms with Crippen molar-refractivity contribution in [3.63, 3.8) is 0 Å². The van der Waals surface area contributed by atoms with Gasteiger partial charge in [-0.15, -0.1) is 0 Å². The molecule has 134 valence electrons. The number of nitrogens with one attached hydrogen (secondary N) is 1. The lowest BCUT2D eigenvalue weighted by molar-refractivity contribution is 0.309. The van der Waals surface area contributed by atoms with E-state index < -0.39 is 0 Å². The summed E-state index contributed by atoms with van der Waals surface area (Å²) >= 11 is 0. The van der Waals surface area contributed by atoms with Gasteiger partial charge in [-0.1, -0.05) is 37.6 Å². The first kappa shape index (κ1) is 17.7. The molecule has 3 aromatic carbocycles. The van der Waals surface area contributed by atoms with Gasteiger partial charge in [0.15, 0.2) is 0 Å². The molecule has 0 heterocycles. The van der Waals surface area contributed by atoms with Gasteiger partial charge in [0.25, 0.3) is 0 Å². The Balaban J connectivity index is 1.84. The second kappa shape index (κ2) is 8.81. The topological polar surface area (TPSA) is 50.5 Å². The van der Waals surface area contributed by atoms with Crippen molar-refractivity contribution in [2.24, 2.45) is 0 Å². The molecule has 0 aromatic heterocycles. The van der Waals surface area contributed by atoms with Crippen molar-refractivity contribution in [3.8, 4) is 5.75 Å². The third-order valence-electron chi connectivity index (χ3n) is 4.01. The Morgan fingerprint density at radius 2 is 1.62 bits per heavy atom. The quantitative estimate of drug-likeness (QED) is 0.316. The minimum absolute atomic E-state index is 0.736. The van der Waals surface area contributed by atoms with Crippen LogP contribution in [0.15, 0.2) is 78.9 Å². The van der Waals surface area contributed by atoms with Crippen LogP contribution in [0.2, 0.25) is 0 Å². The van der Waals surface area contributed by atoms with Crippen molar-refractivity contribution in [1.82, 2.24) is 0 Å². The maximum atomic E-state index is 5.84. The summed E-state index contributed by atoms with van der Waals surface area (Å²) < 4.78 is 5.82. The van der Waals surface area contributed by atoms with Crippen LogP contribution in [0.4, 0.5) is 22.7 Å². The molecule has 0 fully saturated rings. The van der Waals surface area contributed by atoms with Crippen LogP contribution in [0, 0.1) is 0 Å². The highest BCUT2D eigenvalue weighted by atomic mass is 16.5. The summed E-state index contributed by atoms with van der Waals surface area (Å²) in [4.78, 5) is 0. The summed E-state index contributed by atoms with van der Waals surface area (Å²) in [5, 5.41) is 2.03. The van der Waals surface area contributed by atoms with Crippen LogP contribution in [0.25, 0.3) is 0 Å². The monoisotopic (exact) mass is 347 g/mol. The van der Waals surface area contributed by atoms with Gasteiger partial charge in [-0.05, 0) is 55.0 Å². The second-order valence-electron chi connectivity index (χ2n) is 6.10. The van der Waals surface area contributed by atoms with Crippen LogP contribution in [0.3, 0.4) is 0 Å². The fourth-order valence-electron chi connectivity index (χ4n) is 2.60. The normalized spacial score (nSPS) is 10.3. The third kappa shape index (κ3) is 4.70. The number of ether oxygens (including phenoxy) is 1. The molecule has 3 rings (SSSR count). The fraction of sp³-hybridized carbons (Fsp3) is 0.182. The van der Waals surface area contributed by atoms with Crippen LogP contribution in [-0.2, 0) is 0 Å². The average molecular weight is 347 g/mol. The van der Waals surface area contributed by atoms with Gasteiger partial charge in [-0.3, -0.25) is 10.4 Å². The van der Waals surface area contributed by atoms with Gasteiger partial charge in [0.1, 0.15) is 5.75 Å². The Bertz CT molecular complexity index is 803. The van der Waals surface area contributed by atoms with Gasteiger partial charge in [-0.2, -0.15) is 0 Å². The molecule has 0 radical (unpaired) electrons. The number of nitrogens with zero attached hydrogens (tertiary/aromatic N) is 1. The summed E-state index contributed by atoms with van der Waals surface area (Å²) in [6.07, 6.45) is 2.18. The molecular weight excluding hydrogens is 322 g/mol. The lowest BCUT2D eigenvalue weighted by Gasteiger charge is -2.27. The molecule has 0 bridgehead atoms. The molecule has 0 unspecified atom stereocenters.